The van der Waals surface area contributed by atoms with Crippen LogP contribution in [-0.2, 0) is 23.9 Å². The topological polar surface area (TPSA) is 97.7 Å². The summed E-state index contributed by atoms with van der Waals surface area (Å²) in [5.74, 6) is -2.30. The van der Waals surface area contributed by atoms with Crippen molar-refractivity contribution in [2.45, 2.75) is 89.5 Å². The maximum Gasteiger partial charge on any atom is 0.306 e. The van der Waals surface area contributed by atoms with Gasteiger partial charge >= 0.3 is 5.97 Å². The maximum atomic E-state index is 17.1. The van der Waals surface area contributed by atoms with Gasteiger partial charge in [0.25, 0.3) is 0 Å². The molecule has 3 fully saturated rings. The van der Waals surface area contributed by atoms with Gasteiger partial charge < -0.3 is 9.84 Å². The molecule has 4 aliphatic carbocycles. The number of alkyl halides is 1. The fourth-order valence-electron chi connectivity index (χ4n) is 7.54. The van der Waals surface area contributed by atoms with Gasteiger partial charge in [-0.15, -0.1) is 0 Å². The molecule has 4 rings (SSSR count). The lowest BCUT2D eigenvalue weighted by molar-refractivity contribution is -0.231. The number of halogens is 1. The molecule has 3 saturated carbocycles. The standard InChI is InChI=1S/C24H31FO6/c1-4-20(30)31-23(19(29)13-26)10-8-16-17-6-5-14-11-15(27)7-9-21(14,2)24(17,25)18(28)12-22(16,23)3/h11,13,16-18,28H,4-10,12H2,1-3H3/t16-,17-,18-,21-,22-,23-,24-/m0/s1. The minimum absolute atomic E-state index is 0.00685. The molecular weight excluding hydrogens is 403 g/mol. The highest BCUT2D eigenvalue weighted by Crippen LogP contribution is 2.70. The Labute approximate surface area is 181 Å². The Kier molecular flexibility index (Phi) is 5.08. The van der Waals surface area contributed by atoms with Crippen molar-refractivity contribution in [3.05, 3.63) is 11.6 Å². The van der Waals surface area contributed by atoms with E-state index < -0.39 is 45.9 Å². The minimum atomic E-state index is -1.95. The summed E-state index contributed by atoms with van der Waals surface area (Å²) in [4.78, 5) is 48.6. The number of aliphatic hydroxyl groups is 1. The van der Waals surface area contributed by atoms with Crippen LogP contribution in [0.2, 0.25) is 0 Å². The van der Waals surface area contributed by atoms with Gasteiger partial charge in [-0.1, -0.05) is 26.3 Å². The maximum absolute atomic E-state index is 17.1. The van der Waals surface area contributed by atoms with E-state index in [0.717, 1.165) is 5.57 Å². The number of carbonyl (C=O) groups is 4. The molecule has 0 radical (unpaired) electrons. The number of hydrogen-bond acceptors (Lipinski definition) is 6. The highest BCUT2D eigenvalue weighted by molar-refractivity contribution is 6.29. The Morgan fingerprint density at radius 1 is 1.23 bits per heavy atom. The third-order valence-corrected chi connectivity index (χ3v) is 9.24. The molecule has 0 amide bonds. The van der Waals surface area contributed by atoms with Crippen molar-refractivity contribution in [1.82, 2.24) is 0 Å². The van der Waals surface area contributed by atoms with Crippen molar-refractivity contribution in [1.29, 1.82) is 0 Å². The Bertz CT molecular complexity index is 881. The van der Waals surface area contributed by atoms with Gasteiger partial charge in [-0.2, -0.15) is 0 Å². The fourth-order valence-corrected chi connectivity index (χ4v) is 7.54. The number of aliphatic hydroxyl groups excluding tert-OH is 1. The van der Waals surface area contributed by atoms with E-state index in [-0.39, 0.29) is 43.7 Å². The van der Waals surface area contributed by atoms with Crippen LogP contribution in [0.1, 0.15) is 72.1 Å². The highest BCUT2D eigenvalue weighted by Gasteiger charge is 2.75. The lowest BCUT2D eigenvalue weighted by Crippen LogP contribution is -2.70. The lowest BCUT2D eigenvalue weighted by atomic mass is 9.44. The Morgan fingerprint density at radius 3 is 2.58 bits per heavy atom. The molecule has 31 heavy (non-hydrogen) atoms. The molecule has 0 aromatic heterocycles. The molecule has 0 spiro atoms. The summed E-state index contributed by atoms with van der Waals surface area (Å²) in [6, 6.07) is 0. The van der Waals surface area contributed by atoms with Crippen LogP contribution in [0, 0.1) is 22.7 Å². The van der Waals surface area contributed by atoms with Crippen LogP contribution in [0.15, 0.2) is 11.6 Å². The first kappa shape index (κ1) is 22.3. The number of ether oxygens (including phenoxy) is 1. The molecule has 0 heterocycles. The molecule has 0 bridgehead atoms. The molecule has 0 aromatic rings. The highest BCUT2D eigenvalue weighted by atomic mass is 19.1. The molecular formula is C24H31FO6. The van der Waals surface area contributed by atoms with Crippen LogP contribution in [0.25, 0.3) is 0 Å². The van der Waals surface area contributed by atoms with Gasteiger partial charge in [0.05, 0.1) is 6.10 Å². The van der Waals surface area contributed by atoms with Crippen LogP contribution in [0.4, 0.5) is 4.39 Å². The molecule has 0 saturated heterocycles. The van der Waals surface area contributed by atoms with Gasteiger partial charge in [-0.3, -0.25) is 19.2 Å². The SMILES string of the molecule is CCC(=O)O[C@]1(C(=O)C=O)CC[C@H]2[C@@H]3CCC4=CC(=O)CC[C@]4(C)[C@@]3(F)[C@@H](O)C[C@@]21C. The Hall–Kier alpha value is -1.89. The third-order valence-electron chi connectivity index (χ3n) is 9.24. The first-order valence-electron chi connectivity index (χ1n) is 11.3. The zero-order chi connectivity index (χ0) is 22.8. The zero-order valence-electron chi connectivity index (χ0n) is 18.4. The van der Waals surface area contributed by atoms with Gasteiger partial charge in [-0.05, 0) is 50.5 Å². The summed E-state index contributed by atoms with van der Waals surface area (Å²) < 4.78 is 22.7. The number of esters is 1. The molecule has 0 aliphatic heterocycles. The molecule has 1 N–H and O–H groups in total. The number of allylic oxidation sites excluding steroid dienone is 1. The predicted octanol–water partition coefficient (Wildman–Crippen LogP) is 3.04. The summed E-state index contributed by atoms with van der Waals surface area (Å²) in [5, 5.41) is 11.3. The Morgan fingerprint density at radius 2 is 1.94 bits per heavy atom. The molecule has 7 atom stereocenters. The van der Waals surface area contributed by atoms with E-state index >= 15 is 4.39 Å². The van der Waals surface area contributed by atoms with Crippen molar-refractivity contribution in [2.75, 3.05) is 0 Å². The van der Waals surface area contributed by atoms with Crippen LogP contribution < -0.4 is 0 Å². The van der Waals surface area contributed by atoms with Crippen LogP contribution in [-0.4, -0.2) is 46.3 Å². The monoisotopic (exact) mass is 434 g/mol. The van der Waals surface area contributed by atoms with Gasteiger partial charge in [0.2, 0.25) is 5.78 Å². The normalized spacial score (nSPS) is 46.3. The van der Waals surface area contributed by atoms with Crippen LogP contribution in [0.3, 0.4) is 0 Å². The summed E-state index contributed by atoms with van der Waals surface area (Å²) in [7, 11) is 0. The number of hydrogen-bond donors (Lipinski definition) is 1. The van der Waals surface area contributed by atoms with E-state index in [0.29, 0.717) is 25.7 Å². The van der Waals surface area contributed by atoms with Crippen LogP contribution >= 0.6 is 0 Å². The number of carbonyl (C=O) groups excluding carboxylic acids is 4. The lowest BCUT2D eigenvalue weighted by Gasteiger charge is -2.63. The van der Waals surface area contributed by atoms with Gasteiger partial charge in [0.1, 0.15) is 5.67 Å². The molecule has 0 unspecified atom stereocenters. The first-order chi connectivity index (χ1) is 14.5. The smallest absolute Gasteiger partial charge is 0.306 e. The van der Waals surface area contributed by atoms with E-state index in [1.165, 1.54) is 0 Å². The van der Waals surface area contributed by atoms with Crippen molar-refractivity contribution in [3.8, 4) is 0 Å². The molecule has 4 aliphatic rings. The summed E-state index contributed by atoms with van der Waals surface area (Å²) >= 11 is 0. The second kappa shape index (κ2) is 7.06. The van der Waals surface area contributed by atoms with E-state index in [4.69, 9.17) is 4.74 Å². The number of Topliss-reactive ketones (excluding diaryl/α,β-unsaturated/α-hetero) is 1. The number of fused-ring (bicyclic) bond motifs is 5. The summed E-state index contributed by atoms with van der Waals surface area (Å²) in [6.07, 6.45) is 2.47. The van der Waals surface area contributed by atoms with Crippen molar-refractivity contribution < 1.29 is 33.4 Å². The third kappa shape index (κ3) is 2.65. The predicted molar refractivity (Wildman–Crippen MR) is 109 cm³/mol. The van der Waals surface area contributed by atoms with E-state index in [2.05, 4.69) is 0 Å². The molecule has 7 heteroatoms. The second-order valence-corrected chi connectivity index (χ2v) is 10.3. The minimum Gasteiger partial charge on any atom is -0.450 e. The van der Waals surface area contributed by atoms with Crippen molar-refractivity contribution in [2.24, 2.45) is 22.7 Å². The van der Waals surface area contributed by atoms with Gasteiger partial charge in [-0.25, -0.2) is 4.39 Å². The quantitative estimate of drug-likeness (QED) is 0.415. The average molecular weight is 435 g/mol. The van der Waals surface area contributed by atoms with Crippen molar-refractivity contribution >= 4 is 23.8 Å². The van der Waals surface area contributed by atoms with E-state index in [9.17, 15) is 24.3 Å². The van der Waals surface area contributed by atoms with Crippen LogP contribution in [0.5, 0.6) is 0 Å². The first-order valence-corrected chi connectivity index (χ1v) is 11.3. The zero-order valence-corrected chi connectivity index (χ0v) is 18.4. The second-order valence-electron chi connectivity index (χ2n) is 10.3. The average Bonchev–Trinajstić information content (AvgIpc) is 3.01. The number of aldehydes is 1. The summed E-state index contributed by atoms with van der Waals surface area (Å²) in [6.45, 7) is 5.17. The van der Waals surface area contributed by atoms with E-state index in [1.54, 1.807) is 26.8 Å². The molecule has 170 valence electrons. The van der Waals surface area contributed by atoms with Gasteiger partial charge in [0.15, 0.2) is 17.7 Å². The fraction of sp³-hybridized carbons (Fsp3) is 0.750. The number of ketones is 2. The van der Waals surface area contributed by atoms with Crippen molar-refractivity contribution in [3.63, 3.8) is 0 Å². The van der Waals surface area contributed by atoms with E-state index in [1.807, 2.05) is 0 Å². The Balaban J connectivity index is 1.81. The molecule has 0 aromatic carbocycles. The molecule has 6 nitrogen and oxygen atoms in total. The van der Waals surface area contributed by atoms with Gasteiger partial charge in [0, 0.05) is 29.6 Å². The largest absolute Gasteiger partial charge is 0.450 e. The number of rotatable bonds is 4. The summed E-state index contributed by atoms with van der Waals surface area (Å²) in [5.41, 5.74) is -4.86.